The predicted molar refractivity (Wildman–Crippen MR) is 52.6 cm³/mol. The first-order valence-corrected chi connectivity index (χ1v) is 5.19. The van der Waals surface area contributed by atoms with Crippen LogP contribution in [0.5, 0.6) is 0 Å². The lowest BCUT2D eigenvalue weighted by molar-refractivity contribution is -0.166. The van der Waals surface area contributed by atoms with E-state index in [1.54, 1.807) is 0 Å². The van der Waals surface area contributed by atoms with Crippen LogP contribution in [-0.4, -0.2) is 31.2 Å². The van der Waals surface area contributed by atoms with Gasteiger partial charge >= 0.3 is 0 Å². The summed E-state index contributed by atoms with van der Waals surface area (Å²) in [4.78, 5) is 0. The van der Waals surface area contributed by atoms with Crippen LogP contribution in [0, 0.1) is 0 Å². The van der Waals surface area contributed by atoms with Crippen molar-refractivity contribution in [2.24, 2.45) is 0 Å². The molecule has 0 bridgehead atoms. The lowest BCUT2D eigenvalue weighted by Crippen LogP contribution is -2.23. The van der Waals surface area contributed by atoms with Crippen molar-refractivity contribution in [3.63, 3.8) is 0 Å². The molecule has 0 radical (unpaired) electrons. The lowest BCUT2D eigenvalue weighted by Gasteiger charge is -2.21. The molecule has 1 N–H and O–H groups in total. The number of aliphatic hydroxyl groups is 1. The molecule has 1 fully saturated rings. The summed E-state index contributed by atoms with van der Waals surface area (Å²) in [5.41, 5.74) is 0. The van der Waals surface area contributed by atoms with Crippen molar-refractivity contribution in [1.29, 1.82) is 0 Å². The Morgan fingerprint density at radius 3 is 2.54 bits per heavy atom. The molecule has 0 aromatic rings. The molecule has 0 saturated carbocycles. The summed E-state index contributed by atoms with van der Waals surface area (Å²) in [7, 11) is 0. The molecule has 0 aromatic heterocycles. The zero-order valence-electron chi connectivity index (χ0n) is 8.79. The molecule has 0 aliphatic carbocycles. The van der Waals surface area contributed by atoms with Gasteiger partial charge in [0, 0.05) is 6.61 Å². The molecule has 1 heterocycles. The maximum absolute atomic E-state index is 8.42. The van der Waals surface area contributed by atoms with Gasteiger partial charge in [-0.25, -0.2) is 0 Å². The van der Waals surface area contributed by atoms with E-state index in [1.165, 1.54) is 12.8 Å². The van der Waals surface area contributed by atoms with Gasteiger partial charge < -0.3 is 14.6 Å². The first kappa shape index (κ1) is 12.9. The zero-order valence-corrected chi connectivity index (χ0v) is 8.79. The summed E-state index contributed by atoms with van der Waals surface area (Å²) < 4.78 is 10.4. The van der Waals surface area contributed by atoms with E-state index >= 15 is 0 Å². The van der Waals surface area contributed by atoms with E-state index in [2.05, 4.69) is 13.8 Å². The number of rotatable bonds is 3. The Bertz CT molecular complexity index is 90.2. The average Bonchev–Trinajstić information content (AvgIpc) is 2.18. The molecule has 3 heteroatoms. The number of ether oxygens (including phenoxy) is 2. The summed E-state index contributed by atoms with van der Waals surface area (Å²) in [6.07, 6.45) is 4.48. The van der Waals surface area contributed by atoms with Crippen LogP contribution in [0.3, 0.4) is 0 Å². The Hall–Kier alpha value is -0.120. The van der Waals surface area contributed by atoms with Crippen molar-refractivity contribution in [3.8, 4) is 0 Å². The Labute approximate surface area is 81.0 Å². The van der Waals surface area contributed by atoms with E-state index in [1.807, 2.05) is 0 Å². The van der Waals surface area contributed by atoms with Crippen LogP contribution >= 0.6 is 0 Å². The third-order valence-electron chi connectivity index (χ3n) is 1.53. The highest BCUT2D eigenvalue weighted by Gasteiger charge is 2.12. The smallest absolute Gasteiger partial charge is 0.157 e. The van der Waals surface area contributed by atoms with Crippen molar-refractivity contribution in [2.75, 3.05) is 19.8 Å². The van der Waals surface area contributed by atoms with Crippen LogP contribution in [0.1, 0.15) is 39.5 Å². The first-order valence-electron chi connectivity index (χ1n) is 5.19. The van der Waals surface area contributed by atoms with Crippen LogP contribution < -0.4 is 0 Å². The zero-order chi connectivity index (χ0) is 9.94. The maximum Gasteiger partial charge on any atom is 0.157 e. The standard InChI is InChI=1S/C7H14O3.C3H8/c8-4-6-10-7-3-1-2-5-9-7;1-3-2/h7-8H,1-6H2;3H2,1-2H3. The summed E-state index contributed by atoms with van der Waals surface area (Å²) in [5.74, 6) is 0. The monoisotopic (exact) mass is 190 g/mol. The van der Waals surface area contributed by atoms with Crippen molar-refractivity contribution >= 4 is 0 Å². The Balaban J connectivity index is 0.000000424. The molecule has 1 unspecified atom stereocenters. The van der Waals surface area contributed by atoms with Crippen LogP contribution in [0.4, 0.5) is 0 Å². The summed E-state index contributed by atoms with van der Waals surface area (Å²) in [6, 6.07) is 0. The van der Waals surface area contributed by atoms with Crippen molar-refractivity contribution in [3.05, 3.63) is 0 Å². The Morgan fingerprint density at radius 2 is 2.08 bits per heavy atom. The van der Waals surface area contributed by atoms with Crippen LogP contribution in [-0.2, 0) is 9.47 Å². The van der Waals surface area contributed by atoms with Crippen molar-refractivity contribution in [1.82, 2.24) is 0 Å². The van der Waals surface area contributed by atoms with Crippen molar-refractivity contribution in [2.45, 2.75) is 45.8 Å². The second-order valence-electron chi connectivity index (χ2n) is 3.10. The van der Waals surface area contributed by atoms with E-state index in [0.717, 1.165) is 19.4 Å². The lowest BCUT2D eigenvalue weighted by atomic mass is 10.2. The van der Waals surface area contributed by atoms with Gasteiger partial charge in [0.25, 0.3) is 0 Å². The van der Waals surface area contributed by atoms with Crippen molar-refractivity contribution < 1.29 is 14.6 Å². The normalized spacial score (nSPS) is 21.9. The van der Waals surface area contributed by atoms with E-state index in [9.17, 15) is 0 Å². The Kier molecular flexibility index (Phi) is 9.87. The third kappa shape index (κ3) is 8.22. The van der Waals surface area contributed by atoms with Gasteiger partial charge in [-0.1, -0.05) is 20.3 Å². The number of aliphatic hydroxyl groups excluding tert-OH is 1. The van der Waals surface area contributed by atoms with Gasteiger partial charge in [-0.05, 0) is 19.3 Å². The molecule has 3 nitrogen and oxygen atoms in total. The molecule has 0 aromatic carbocycles. The second-order valence-corrected chi connectivity index (χ2v) is 3.10. The van der Waals surface area contributed by atoms with Gasteiger partial charge in [0.1, 0.15) is 0 Å². The minimum atomic E-state index is -0.0547. The van der Waals surface area contributed by atoms with Gasteiger partial charge in [0.05, 0.1) is 13.2 Å². The van der Waals surface area contributed by atoms with Gasteiger partial charge in [-0.3, -0.25) is 0 Å². The highest BCUT2D eigenvalue weighted by atomic mass is 16.7. The average molecular weight is 190 g/mol. The Morgan fingerprint density at radius 1 is 1.38 bits per heavy atom. The minimum Gasteiger partial charge on any atom is -0.394 e. The summed E-state index contributed by atoms with van der Waals surface area (Å²) in [5, 5.41) is 8.42. The highest BCUT2D eigenvalue weighted by Crippen LogP contribution is 2.12. The molecule has 1 aliphatic heterocycles. The molecule has 1 saturated heterocycles. The van der Waals surface area contributed by atoms with E-state index in [0.29, 0.717) is 6.61 Å². The van der Waals surface area contributed by atoms with Crippen LogP contribution in [0.15, 0.2) is 0 Å². The molecule has 1 rings (SSSR count). The summed E-state index contributed by atoms with van der Waals surface area (Å²) in [6.45, 7) is 5.53. The molecular formula is C10H22O3. The van der Waals surface area contributed by atoms with E-state index in [4.69, 9.17) is 14.6 Å². The fourth-order valence-corrected chi connectivity index (χ4v) is 1.03. The first-order chi connectivity index (χ1) is 6.35. The molecule has 0 spiro atoms. The van der Waals surface area contributed by atoms with Gasteiger partial charge in [-0.15, -0.1) is 0 Å². The minimum absolute atomic E-state index is 0.0547. The van der Waals surface area contributed by atoms with Gasteiger partial charge in [0.2, 0.25) is 0 Å². The fourth-order valence-electron chi connectivity index (χ4n) is 1.03. The molecule has 1 atom stereocenters. The van der Waals surface area contributed by atoms with Crippen LogP contribution in [0.2, 0.25) is 0 Å². The summed E-state index contributed by atoms with van der Waals surface area (Å²) >= 11 is 0. The molecule has 0 amide bonds. The quantitative estimate of drug-likeness (QED) is 0.739. The molecule has 1 aliphatic rings. The molecular weight excluding hydrogens is 168 g/mol. The van der Waals surface area contributed by atoms with E-state index < -0.39 is 0 Å². The SMILES string of the molecule is CCC.OCCOC1CCCCO1. The number of hydrogen-bond donors (Lipinski definition) is 1. The molecule has 13 heavy (non-hydrogen) atoms. The van der Waals surface area contributed by atoms with Gasteiger partial charge in [0.15, 0.2) is 6.29 Å². The maximum atomic E-state index is 8.42. The largest absolute Gasteiger partial charge is 0.394 e. The second kappa shape index (κ2) is 9.96. The topological polar surface area (TPSA) is 38.7 Å². The predicted octanol–water partition coefficient (Wildman–Crippen LogP) is 1.94. The van der Waals surface area contributed by atoms with Gasteiger partial charge in [-0.2, -0.15) is 0 Å². The highest BCUT2D eigenvalue weighted by molar-refractivity contribution is 4.53. The molecule has 80 valence electrons. The fraction of sp³-hybridized carbons (Fsp3) is 1.00. The number of hydrogen-bond acceptors (Lipinski definition) is 3. The third-order valence-corrected chi connectivity index (χ3v) is 1.53. The van der Waals surface area contributed by atoms with E-state index in [-0.39, 0.29) is 12.9 Å². The van der Waals surface area contributed by atoms with Crippen LogP contribution in [0.25, 0.3) is 0 Å².